The Balaban J connectivity index is 1.91. The van der Waals surface area contributed by atoms with E-state index in [0.717, 1.165) is 17.7 Å². The van der Waals surface area contributed by atoms with Crippen molar-refractivity contribution in [2.24, 2.45) is 0 Å². The number of nitrogens with zero attached hydrogens (tertiary/aromatic N) is 1. The van der Waals surface area contributed by atoms with Crippen molar-refractivity contribution in [2.45, 2.75) is 38.8 Å². The fourth-order valence-corrected chi connectivity index (χ4v) is 2.07. The summed E-state index contributed by atoms with van der Waals surface area (Å²) in [6.07, 6.45) is 0.663. The van der Waals surface area contributed by atoms with E-state index >= 15 is 0 Å². The smallest absolute Gasteiger partial charge is 0.272 e. The maximum absolute atomic E-state index is 12.0. The molecule has 2 rings (SSSR count). The second kappa shape index (κ2) is 7.04. The Hall–Kier alpha value is -2.14. The molecule has 112 valence electrons. The molecule has 0 bridgehead atoms. The van der Waals surface area contributed by atoms with Crippen LogP contribution in [0.1, 0.15) is 35.6 Å². The number of benzene rings is 1. The lowest BCUT2D eigenvalue weighted by Gasteiger charge is -2.19. The second-order valence-corrected chi connectivity index (χ2v) is 5.15. The van der Waals surface area contributed by atoms with Gasteiger partial charge >= 0.3 is 0 Å². The Morgan fingerprint density at radius 1 is 1.38 bits per heavy atom. The van der Waals surface area contributed by atoms with Crippen LogP contribution in [0.4, 0.5) is 0 Å². The Bertz CT molecular complexity index is 580. The first kappa shape index (κ1) is 15.3. The van der Waals surface area contributed by atoms with E-state index in [1.165, 1.54) is 0 Å². The molecule has 0 aliphatic carbocycles. The van der Waals surface area contributed by atoms with Crippen molar-refractivity contribution < 1.29 is 9.90 Å². The van der Waals surface area contributed by atoms with Gasteiger partial charge in [0, 0.05) is 12.1 Å². The van der Waals surface area contributed by atoms with Gasteiger partial charge in [0.25, 0.3) is 5.91 Å². The predicted octanol–water partition coefficient (Wildman–Crippen LogP) is 1.69. The monoisotopic (exact) mass is 287 g/mol. The highest BCUT2D eigenvalue weighted by Crippen LogP contribution is 2.07. The number of amides is 1. The molecule has 1 heterocycles. The van der Waals surface area contributed by atoms with Gasteiger partial charge in [-0.15, -0.1) is 0 Å². The highest BCUT2D eigenvalue weighted by molar-refractivity contribution is 5.92. The average Bonchev–Trinajstić information content (AvgIpc) is 2.97. The number of aromatic nitrogens is 2. The highest BCUT2D eigenvalue weighted by atomic mass is 16.3. The van der Waals surface area contributed by atoms with Gasteiger partial charge < -0.3 is 10.4 Å². The second-order valence-electron chi connectivity index (χ2n) is 5.15. The Labute approximate surface area is 124 Å². The van der Waals surface area contributed by atoms with Gasteiger partial charge in [-0.1, -0.05) is 37.3 Å². The van der Waals surface area contributed by atoms with Crippen LogP contribution >= 0.6 is 0 Å². The molecular formula is C16H21N3O2. The molecule has 2 atom stereocenters. The van der Waals surface area contributed by atoms with Crippen molar-refractivity contribution in [3.63, 3.8) is 0 Å². The molecule has 0 saturated heterocycles. The lowest BCUT2D eigenvalue weighted by atomic mass is 10.0. The number of aryl methyl sites for hydroxylation is 1. The van der Waals surface area contributed by atoms with Crippen LogP contribution in [0.3, 0.4) is 0 Å². The Morgan fingerprint density at radius 3 is 2.71 bits per heavy atom. The van der Waals surface area contributed by atoms with Gasteiger partial charge in [-0.3, -0.25) is 9.89 Å². The molecule has 2 unspecified atom stereocenters. The molecule has 0 radical (unpaired) electrons. The summed E-state index contributed by atoms with van der Waals surface area (Å²) in [6, 6.07) is 11.1. The van der Waals surface area contributed by atoms with Gasteiger partial charge in [0.05, 0.1) is 12.1 Å². The number of rotatable bonds is 6. The van der Waals surface area contributed by atoms with Crippen molar-refractivity contribution in [1.29, 1.82) is 0 Å². The molecule has 1 aromatic heterocycles. The number of nitrogens with one attached hydrogen (secondary N) is 2. The van der Waals surface area contributed by atoms with E-state index in [4.69, 9.17) is 0 Å². The van der Waals surface area contributed by atoms with Gasteiger partial charge in [0.2, 0.25) is 0 Å². The first-order valence-corrected chi connectivity index (χ1v) is 7.17. The Morgan fingerprint density at radius 2 is 2.10 bits per heavy atom. The number of aliphatic hydroxyl groups is 1. The maximum atomic E-state index is 12.0. The van der Waals surface area contributed by atoms with Crippen LogP contribution in [0.2, 0.25) is 0 Å². The van der Waals surface area contributed by atoms with E-state index in [1.54, 1.807) is 13.0 Å². The molecule has 2 aromatic rings. The lowest BCUT2D eigenvalue weighted by Crippen LogP contribution is -2.42. The molecule has 0 aliphatic heterocycles. The molecular weight excluding hydrogens is 266 g/mol. The van der Waals surface area contributed by atoms with Crippen LogP contribution < -0.4 is 5.32 Å². The first-order chi connectivity index (χ1) is 10.1. The number of aromatic amines is 1. The number of carbonyl (C=O) groups is 1. The van der Waals surface area contributed by atoms with E-state index in [9.17, 15) is 9.90 Å². The molecule has 5 heteroatoms. The molecule has 1 aromatic carbocycles. The van der Waals surface area contributed by atoms with Crippen molar-refractivity contribution in [3.05, 3.63) is 53.3 Å². The van der Waals surface area contributed by atoms with Crippen LogP contribution in [0.15, 0.2) is 36.4 Å². The third-order valence-corrected chi connectivity index (χ3v) is 3.47. The molecule has 5 nitrogen and oxygen atoms in total. The zero-order valence-corrected chi connectivity index (χ0v) is 12.3. The quantitative estimate of drug-likeness (QED) is 0.756. The number of aliphatic hydroxyl groups excluding tert-OH is 1. The zero-order valence-electron chi connectivity index (χ0n) is 12.3. The zero-order chi connectivity index (χ0) is 15.2. The maximum Gasteiger partial charge on any atom is 0.272 e. The summed E-state index contributed by atoms with van der Waals surface area (Å²) in [4.78, 5) is 12.0. The van der Waals surface area contributed by atoms with E-state index in [1.807, 2.05) is 37.3 Å². The van der Waals surface area contributed by atoms with Gasteiger partial charge in [0.15, 0.2) is 0 Å². The van der Waals surface area contributed by atoms with Gasteiger partial charge in [-0.05, 0) is 25.0 Å². The van der Waals surface area contributed by atoms with Crippen LogP contribution in [0.25, 0.3) is 0 Å². The summed E-state index contributed by atoms with van der Waals surface area (Å²) >= 11 is 0. The summed E-state index contributed by atoms with van der Waals surface area (Å²) in [7, 11) is 0. The molecule has 1 amide bonds. The van der Waals surface area contributed by atoms with E-state index in [-0.39, 0.29) is 11.9 Å². The van der Waals surface area contributed by atoms with Crippen molar-refractivity contribution in [2.75, 3.05) is 0 Å². The third-order valence-electron chi connectivity index (χ3n) is 3.47. The largest absolute Gasteiger partial charge is 0.391 e. The molecule has 0 spiro atoms. The fraction of sp³-hybridized carbons (Fsp3) is 0.375. The van der Waals surface area contributed by atoms with Crippen LogP contribution in [-0.4, -0.2) is 33.4 Å². The number of hydrogen-bond donors (Lipinski definition) is 3. The summed E-state index contributed by atoms with van der Waals surface area (Å²) < 4.78 is 0. The summed E-state index contributed by atoms with van der Waals surface area (Å²) in [6.45, 7) is 3.78. The molecule has 0 saturated carbocycles. The Kier molecular flexibility index (Phi) is 5.11. The SMILES string of the molecule is CCc1cc(C(=O)NC(C)C(O)Cc2ccccc2)n[nH]1. The number of carbonyl (C=O) groups excluding carboxylic acids is 1. The molecule has 3 N–H and O–H groups in total. The normalized spacial score (nSPS) is 13.7. The number of hydrogen-bond acceptors (Lipinski definition) is 3. The molecule has 0 aliphatic rings. The lowest BCUT2D eigenvalue weighted by molar-refractivity contribution is 0.0847. The summed E-state index contributed by atoms with van der Waals surface area (Å²) in [5.74, 6) is -0.273. The van der Waals surface area contributed by atoms with Gasteiger partial charge in [-0.2, -0.15) is 5.10 Å². The average molecular weight is 287 g/mol. The van der Waals surface area contributed by atoms with Crippen molar-refractivity contribution >= 4 is 5.91 Å². The third kappa shape index (κ3) is 4.16. The van der Waals surface area contributed by atoms with E-state index in [0.29, 0.717) is 12.1 Å². The fourth-order valence-electron chi connectivity index (χ4n) is 2.07. The minimum atomic E-state index is -0.638. The summed E-state index contributed by atoms with van der Waals surface area (Å²) in [5, 5.41) is 19.7. The van der Waals surface area contributed by atoms with Crippen LogP contribution in [0.5, 0.6) is 0 Å². The first-order valence-electron chi connectivity index (χ1n) is 7.17. The molecule has 21 heavy (non-hydrogen) atoms. The van der Waals surface area contributed by atoms with Gasteiger partial charge in [-0.25, -0.2) is 0 Å². The van der Waals surface area contributed by atoms with Crippen molar-refractivity contribution in [3.8, 4) is 0 Å². The topological polar surface area (TPSA) is 78.0 Å². The number of H-pyrrole nitrogens is 1. The standard InChI is InChI=1S/C16H21N3O2/c1-3-13-10-14(19-18-13)16(21)17-11(2)15(20)9-12-7-5-4-6-8-12/h4-8,10-11,15,20H,3,9H2,1-2H3,(H,17,21)(H,18,19). The van der Waals surface area contributed by atoms with Crippen molar-refractivity contribution in [1.82, 2.24) is 15.5 Å². The van der Waals surface area contributed by atoms with E-state index in [2.05, 4.69) is 15.5 Å². The highest BCUT2D eigenvalue weighted by Gasteiger charge is 2.19. The molecule has 0 fully saturated rings. The van der Waals surface area contributed by atoms with E-state index < -0.39 is 6.10 Å². The van der Waals surface area contributed by atoms with Gasteiger partial charge in [0.1, 0.15) is 5.69 Å². The minimum Gasteiger partial charge on any atom is -0.391 e. The predicted molar refractivity (Wildman–Crippen MR) is 81.0 cm³/mol. The van der Waals surface area contributed by atoms with Crippen LogP contribution in [-0.2, 0) is 12.8 Å². The van der Waals surface area contributed by atoms with Crippen LogP contribution in [0, 0.1) is 0 Å². The minimum absolute atomic E-state index is 0.273. The summed E-state index contributed by atoms with van der Waals surface area (Å²) in [5.41, 5.74) is 2.31.